The lowest BCUT2D eigenvalue weighted by molar-refractivity contribution is -0.129. The van der Waals surface area contributed by atoms with Gasteiger partial charge in [0.25, 0.3) is 0 Å². The Morgan fingerprint density at radius 3 is 2.92 bits per heavy atom. The van der Waals surface area contributed by atoms with Crippen molar-refractivity contribution in [3.63, 3.8) is 0 Å². The highest BCUT2D eigenvalue weighted by Gasteiger charge is 2.28. The van der Waals surface area contributed by atoms with E-state index in [1.807, 2.05) is 11.9 Å². The maximum atomic E-state index is 11.4. The molecule has 0 aliphatic carbocycles. The first-order chi connectivity index (χ1) is 6.20. The zero-order valence-electron chi connectivity index (χ0n) is 8.42. The van der Waals surface area contributed by atoms with Crippen LogP contribution in [0.2, 0.25) is 0 Å². The van der Waals surface area contributed by atoms with Crippen molar-refractivity contribution in [1.82, 2.24) is 10.2 Å². The molecule has 0 aromatic rings. The normalized spacial score (nSPS) is 28.6. The van der Waals surface area contributed by atoms with Gasteiger partial charge in [-0.2, -0.15) is 0 Å². The van der Waals surface area contributed by atoms with Crippen LogP contribution in [0.15, 0.2) is 12.7 Å². The van der Waals surface area contributed by atoms with E-state index in [4.69, 9.17) is 0 Å². The summed E-state index contributed by atoms with van der Waals surface area (Å²) in [4.78, 5) is 13.3. The third-order valence-corrected chi connectivity index (χ3v) is 2.82. The van der Waals surface area contributed by atoms with Crippen LogP contribution in [-0.2, 0) is 4.79 Å². The summed E-state index contributed by atoms with van der Waals surface area (Å²) in [5.41, 5.74) is 0. The molecule has 1 amide bonds. The number of hydrogen-bond donors (Lipinski definition) is 1. The van der Waals surface area contributed by atoms with Crippen molar-refractivity contribution in [3.8, 4) is 0 Å². The van der Waals surface area contributed by atoms with Gasteiger partial charge in [0.05, 0.1) is 0 Å². The average Bonchev–Trinajstić information content (AvgIpc) is 2.17. The van der Waals surface area contributed by atoms with Gasteiger partial charge in [-0.05, 0) is 32.9 Å². The Hall–Kier alpha value is -0.830. The summed E-state index contributed by atoms with van der Waals surface area (Å²) >= 11 is 0. The van der Waals surface area contributed by atoms with Gasteiger partial charge in [-0.25, -0.2) is 0 Å². The molecular formula is C10H18N2O. The number of hydrogen-bond acceptors (Lipinski definition) is 2. The first-order valence-corrected chi connectivity index (χ1v) is 4.81. The van der Waals surface area contributed by atoms with Gasteiger partial charge in [0.2, 0.25) is 5.91 Å². The van der Waals surface area contributed by atoms with Crippen molar-refractivity contribution >= 4 is 5.91 Å². The Labute approximate surface area is 79.8 Å². The van der Waals surface area contributed by atoms with Crippen molar-refractivity contribution < 1.29 is 4.79 Å². The van der Waals surface area contributed by atoms with E-state index in [-0.39, 0.29) is 11.9 Å². The number of rotatable bonds is 2. The molecule has 2 atom stereocenters. The Kier molecular flexibility index (Phi) is 3.48. The van der Waals surface area contributed by atoms with Gasteiger partial charge in [0, 0.05) is 18.6 Å². The number of amides is 1. The van der Waals surface area contributed by atoms with Crippen LogP contribution < -0.4 is 5.32 Å². The molecule has 3 nitrogen and oxygen atoms in total. The highest BCUT2D eigenvalue weighted by Crippen LogP contribution is 2.17. The second-order valence-electron chi connectivity index (χ2n) is 3.51. The third kappa shape index (κ3) is 2.10. The van der Waals surface area contributed by atoms with E-state index in [0.29, 0.717) is 6.04 Å². The molecule has 0 saturated carbocycles. The standard InChI is InChI=1S/C10H18N2O/c1-4-10(13)12-7-5-6-9(11-3)8(12)2/h4,8-9,11H,1,5-7H2,2-3H3. The number of nitrogens with one attached hydrogen (secondary N) is 1. The molecule has 0 aromatic heterocycles. The molecule has 0 radical (unpaired) electrons. The Bertz CT molecular complexity index is 203. The van der Waals surface area contributed by atoms with E-state index in [9.17, 15) is 4.79 Å². The Balaban J connectivity index is 2.64. The molecule has 1 N–H and O–H groups in total. The molecule has 1 rings (SSSR count). The molecule has 1 aliphatic heterocycles. The van der Waals surface area contributed by atoms with Crippen LogP contribution in [0.4, 0.5) is 0 Å². The van der Waals surface area contributed by atoms with Crippen molar-refractivity contribution in [2.24, 2.45) is 0 Å². The van der Waals surface area contributed by atoms with Gasteiger partial charge in [0.15, 0.2) is 0 Å². The zero-order valence-corrected chi connectivity index (χ0v) is 8.42. The molecular weight excluding hydrogens is 164 g/mol. The second kappa shape index (κ2) is 4.42. The summed E-state index contributed by atoms with van der Waals surface area (Å²) in [5.74, 6) is 0.0486. The van der Waals surface area contributed by atoms with Crippen LogP contribution in [-0.4, -0.2) is 36.5 Å². The number of carbonyl (C=O) groups excluding carboxylic acids is 1. The molecule has 1 aliphatic rings. The van der Waals surface area contributed by atoms with Crippen molar-refractivity contribution in [1.29, 1.82) is 0 Å². The quantitative estimate of drug-likeness (QED) is 0.640. The molecule has 0 bridgehead atoms. The van der Waals surface area contributed by atoms with E-state index in [1.165, 1.54) is 6.08 Å². The molecule has 1 heterocycles. The second-order valence-corrected chi connectivity index (χ2v) is 3.51. The van der Waals surface area contributed by atoms with Crippen LogP contribution in [0.5, 0.6) is 0 Å². The fourth-order valence-corrected chi connectivity index (χ4v) is 1.96. The van der Waals surface area contributed by atoms with Crippen LogP contribution in [0.1, 0.15) is 19.8 Å². The monoisotopic (exact) mass is 182 g/mol. The fourth-order valence-electron chi connectivity index (χ4n) is 1.96. The van der Waals surface area contributed by atoms with E-state index < -0.39 is 0 Å². The molecule has 0 aromatic carbocycles. The first-order valence-electron chi connectivity index (χ1n) is 4.81. The summed E-state index contributed by atoms with van der Waals surface area (Å²) < 4.78 is 0. The van der Waals surface area contributed by atoms with Crippen molar-refractivity contribution in [2.45, 2.75) is 31.8 Å². The maximum absolute atomic E-state index is 11.4. The average molecular weight is 182 g/mol. The lowest BCUT2D eigenvalue weighted by atomic mass is 9.97. The van der Waals surface area contributed by atoms with Crippen LogP contribution in [0.25, 0.3) is 0 Å². The van der Waals surface area contributed by atoms with Gasteiger partial charge in [-0.15, -0.1) is 0 Å². The third-order valence-electron chi connectivity index (χ3n) is 2.82. The predicted molar refractivity (Wildman–Crippen MR) is 53.5 cm³/mol. The van der Waals surface area contributed by atoms with Gasteiger partial charge < -0.3 is 10.2 Å². The zero-order chi connectivity index (χ0) is 9.84. The molecule has 0 spiro atoms. The molecule has 1 saturated heterocycles. The topological polar surface area (TPSA) is 32.3 Å². The Morgan fingerprint density at radius 2 is 2.38 bits per heavy atom. The Morgan fingerprint density at radius 1 is 1.69 bits per heavy atom. The fraction of sp³-hybridized carbons (Fsp3) is 0.700. The van der Waals surface area contributed by atoms with Crippen molar-refractivity contribution in [2.75, 3.05) is 13.6 Å². The highest BCUT2D eigenvalue weighted by atomic mass is 16.2. The number of nitrogens with zero attached hydrogens (tertiary/aromatic N) is 1. The number of likely N-dealkylation sites (N-methyl/N-ethyl adjacent to an activating group) is 1. The van der Waals surface area contributed by atoms with Crippen LogP contribution in [0.3, 0.4) is 0 Å². The summed E-state index contributed by atoms with van der Waals surface area (Å²) in [5, 5.41) is 3.23. The molecule has 3 heteroatoms. The molecule has 1 fully saturated rings. The summed E-state index contributed by atoms with van der Waals surface area (Å²) in [7, 11) is 1.95. The van der Waals surface area contributed by atoms with E-state index in [0.717, 1.165) is 19.4 Å². The summed E-state index contributed by atoms with van der Waals surface area (Å²) in [6.45, 7) is 6.46. The van der Waals surface area contributed by atoms with Crippen molar-refractivity contribution in [3.05, 3.63) is 12.7 Å². The van der Waals surface area contributed by atoms with Gasteiger partial charge in [0.1, 0.15) is 0 Å². The molecule has 13 heavy (non-hydrogen) atoms. The van der Waals surface area contributed by atoms with E-state index in [2.05, 4.69) is 18.8 Å². The number of piperidine rings is 1. The minimum Gasteiger partial charge on any atom is -0.335 e. The highest BCUT2D eigenvalue weighted by molar-refractivity contribution is 5.87. The SMILES string of the molecule is C=CC(=O)N1CCCC(NC)C1C. The first kappa shape index (κ1) is 10.3. The van der Waals surface area contributed by atoms with Gasteiger partial charge in [-0.1, -0.05) is 6.58 Å². The van der Waals surface area contributed by atoms with E-state index >= 15 is 0 Å². The summed E-state index contributed by atoms with van der Waals surface area (Å²) in [6, 6.07) is 0.710. The maximum Gasteiger partial charge on any atom is 0.246 e. The van der Waals surface area contributed by atoms with E-state index in [1.54, 1.807) is 0 Å². The molecule has 2 unspecified atom stereocenters. The smallest absolute Gasteiger partial charge is 0.246 e. The lowest BCUT2D eigenvalue weighted by Crippen LogP contribution is -2.53. The largest absolute Gasteiger partial charge is 0.335 e. The van der Waals surface area contributed by atoms with Crippen LogP contribution in [0, 0.1) is 0 Å². The minimum absolute atomic E-state index is 0.0486. The van der Waals surface area contributed by atoms with Gasteiger partial charge >= 0.3 is 0 Å². The lowest BCUT2D eigenvalue weighted by Gasteiger charge is -2.38. The predicted octanol–water partition coefficient (Wildman–Crippen LogP) is 0.771. The van der Waals surface area contributed by atoms with Gasteiger partial charge in [-0.3, -0.25) is 4.79 Å². The van der Waals surface area contributed by atoms with Crippen LogP contribution >= 0.6 is 0 Å². The summed E-state index contributed by atoms with van der Waals surface area (Å²) in [6.07, 6.45) is 3.63. The number of carbonyl (C=O) groups is 1. The molecule has 74 valence electrons. The number of likely N-dealkylation sites (tertiary alicyclic amines) is 1. The minimum atomic E-state index is 0.0486.